The second-order valence-corrected chi connectivity index (χ2v) is 8.21. The number of pyridine rings is 1. The van der Waals surface area contributed by atoms with Gasteiger partial charge in [0.25, 0.3) is 5.91 Å². The van der Waals surface area contributed by atoms with Gasteiger partial charge in [-0.3, -0.25) is 9.78 Å². The highest BCUT2D eigenvalue weighted by Crippen LogP contribution is 2.20. The first-order valence-corrected chi connectivity index (χ1v) is 11.5. The second-order valence-electron chi connectivity index (χ2n) is 8.21. The maximum absolute atomic E-state index is 12.3. The number of carbonyl (C=O) groups excluding carboxylic acids is 1. The van der Waals surface area contributed by atoms with Crippen molar-refractivity contribution in [3.05, 3.63) is 89.5 Å². The highest BCUT2D eigenvalue weighted by Gasteiger charge is 2.12. The quantitative estimate of drug-likeness (QED) is 0.356. The number of hydrogen-bond acceptors (Lipinski definition) is 4. The molecule has 0 unspecified atom stereocenters. The number of aryl methyl sites for hydroxylation is 3. The lowest BCUT2D eigenvalue weighted by Crippen LogP contribution is -2.27. The van der Waals surface area contributed by atoms with Gasteiger partial charge in [0.2, 0.25) is 0 Å². The van der Waals surface area contributed by atoms with Crippen LogP contribution >= 0.6 is 0 Å². The number of nitrogens with one attached hydrogen (secondary N) is 1. The molecular formula is C27H30N4O2. The SMILES string of the molecule is Cc1ccc(OCCCCn2c(CCNC(=O)c3ccccn3)nc3ccccc32)c(C)c1. The van der Waals surface area contributed by atoms with Crippen LogP contribution in [0.1, 0.15) is 40.3 Å². The van der Waals surface area contributed by atoms with Gasteiger partial charge in [-0.05, 0) is 62.6 Å². The lowest BCUT2D eigenvalue weighted by molar-refractivity contribution is 0.0949. The topological polar surface area (TPSA) is 69.0 Å². The summed E-state index contributed by atoms with van der Waals surface area (Å²) in [4.78, 5) is 21.2. The van der Waals surface area contributed by atoms with Crippen molar-refractivity contribution in [2.45, 2.75) is 39.7 Å². The molecule has 4 rings (SSSR count). The van der Waals surface area contributed by atoms with Gasteiger partial charge in [-0.1, -0.05) is 35.9 Å². The molecule has 2 aromatic carbocycles. The first-order chi connectivity index (χ1) is 16.1. The summed E-state index contributed by atoms with van der Waals surface area (Å²) in [6.45, 7) is 6.23. The van der Waals surface area contributed by atoms with Gasteiger partial charge < -0.3 is 14.6 Å². The Balaban J connectivity index is 1.33. The summed E-state index contributed by atoms with van der Waals surface area (Å²) >= 11 is 0. The van der Waals surface area contributed by atoms with Crippen LogP contribution in [-0.2, 0) is 13.0 Å². The van der Waals surface area contributed by atoms with E-state index in [0.29, 0.717) is 25.3 Å². The van der Waals surface area contributed by atoms with Crippen molar-refractivity contribution in [1.82, 2.24) is 19.9 Å². The molecule has 4 aromatic rings. The number of hydrogen-bond donors (Lipinski definition) is 1. The van der Waals surface area contributed by atoms with Crippen LogP contribution in [0.5, 0.6) is 5.75 Å². The number of imidazole rings is 1. The van der Waals surface area contributed by atoms with E-state index in [-0.39, 0.29) is 5.91 Å². The molecule has 0 aliphatic rings. The summed E-state index contributed by atoms with van der Waals surface area (Å²) in [6.07, 6.45) is 4.22. The Labute approximate surface area is 194 Å². The highest BCUT2D eigenvalue weighted by atomic mass is 16.5. The smallest absolute Gasteiger partial charge is 0.269 e. The van der Waals surface area contributed by atoms with Crippen molar-refractivity contribution in [3.63, 3.8) is 0 Å². The van der Waals surface area contributed by atoms with Crippen LogP contribution in [0.15, 0.2) is 66.9 Å². The van der Waals surface area contributed by atoms with Crippen molar-refractivity contribution in [2.24, 2.45) is 0 Å². The second kappa shape index (κ2) is 10.8. The minimum absolute atomic E-state index is 0.165. The molecule has 33 heavy (non-hydrogen) atoms. The van der Waals surface area contributed by atoms with E-state index >= 15 is 0 Å². The van der Waals surface area contributed by atoms with E-state index in [1.54, 1.807) is 18.3 Å². The first kappa shape index (κ1) is 22.5. The van der Waals surface area contributed by atoms with Crippen LogP contribution in [-0.4, -0.2) is 33.6 Å². The van der Waals surface area contributed by atoms with Crippen LogP contribution in [0.25, 0.3) is 11.0 Å². The largest absolute Gasteiger partial charge is 0.493 e. The molecule has 6 nitrogen and oxygen atoms in total. The maximum Gasteiger partial charge on any atom is 0.269 e. The molecular weight excluding hydrogens is 412 g/mol. The van der Waals surface area contributed by atoms with E-state index in [1.807, 2.05) is 30.3 Å². The molecule has 6 heteroatoms. The molecule has 0 radical (unpaired) electrons. The number of para-hydroxylation sites is 2. The molecule has 1 N–H and O–H groups in total. The van der Waals surface area contributed by atoms with Crippen molar-refractivity contribution >= 4 is 16.9 Å². The lowest BCUT2D eigenvalue weighted by atomic mass is 10.1. The highest BCUT2D eigenvalue weighted by molar-refractivity contribution is 5.92. The Morgan fingerprint density at radius 1 is 1.03 bits per heavy atom. The molecule has 2 heterocycles. The van der Waals surface area contributed by atoms with Crippen molar-refractivity contribution < 1.29 is 9.53 Å². The lowest BCUT2D eigenvalue weighted by Gasteiger charge is -2.12. The molecule has 0 aliphatic carbocycles. The van der Waals surface area contributed by atoms with E-state index in [4.69, 9.17) is 9.72 Å². The van der Waals surface area contributed by atoms with Crippen molar-refractivity contribution in [1.29, 1.82) is 0 Å². The zero-order valence-electron chi connectivity index (χ0n) is 19.3. The van der Waals surface area contributed by atoms with E-state index in [1.165, 1.54) is 11.1 Å². The fourth-order valence-corrected chi connectivity index (χ4v) is 3.96. The average Bonchev–Trinajstić information content (AvgIpc) is 3.18. The molecule has 0 bridgehead atoms. The summed E-state index contributed by atoms with van der Waals surface area (Å²) < 4.78 is 8.25. The van der Waals surface area contributed by atoms with Crippen molar-refractivity contribution in [3.8, 4) is 5.75 Å². The molecule has 2 aromatic heterocycles. The molecule has 0 fully saturated rings. The molecule has 0 spiro atoms. The van der Waals surface area contributed by atoms with E-state index < -0.39 is 0 Å². The minimum Gasteiger partial charge on any atom is -0.493 e. The summed E-state index contributed by atoms with van der Waals surface area (Å²) in [5, 5.41) is 2.95. The minimum atomic E-state index is -0.165. The van der Waals surface area contributed by atoms with Gasteiger partial charge in [0.05, 0.1) is 17.6 Å². The third-order valence-corrected chi connectivity index (χ3v) is 5.63. The Bertz CT molecular complexity index is 1220. The zero-order chi connectivity index (χ0) is 23.0. The number of aromatic nitrogens is 3. The van der Waals surface area contributed by atoms with Gasteiger partial charge in [-0.25, -0.2) is 4.98 Å². The van der Waals surface area contributed by atoms with Crippen LogP contribution in [0, 0.1) is 13.8 Å². The van der Waals surface area contributed by atoms with Gasteiger partial charge in [-0.2, -0.15) is 0 Å². The summed E-state index contributed by atoms with van der Waals surface area (Å²) in [6, 6.07) is 19.8. The maximum atomic E-state index is 12.3. The van der Waals surface area contributed by atoms with Gasteiger partial charge in [0.15, 0.2) is 0 Å². The predicted octanol–water partition coefficient (Wildman–Crippen LogP) is 4.88. The molecule has 0 saturated carbocycles. The van der Waals surface area contributed by atoms with Crippen LogP contribution < -0.4 is 10.1 Å². The van der Waals surface area contributed by atoms with Gasteiger partial charge >= 0.3 is 0 Å². The van der Waals surface area contributed by atoms with Gasteiger partial charge in [0.1, 0.15) is 17.3 Å². The van der Waals surface area contributed by atoms with Gasteiger partial charge in [-0.15, -0.1) is 0 Å². The average molecular weight is 443 g/mol. The number of fused-ring (bicyclic) bond motifs is 1. The Hall–Kier alpha value is -3.67. The molecule has 170 valence electrons. The summed E-state index contributed by atoms with van der Waals surface area (Å²) in [7, 11) is 0. The fourth-order valence-electron chi connectivity index (χ4n) is 3.96. The number of amides is 1. The number of carbonyl (C=O) groups is 1. The van der Waals surface area contributed by atoms with Crippen LogP contribution in [0.3, 0.4) is 0 Å². The standard InChI is InChI=1S/C27H30N4O2/c1-20-12-13-25(21(2)19-20)33-18-8-7-17-31-24-11-4-3-9-22(24)30-26(31)14-16-29-27(32)23-10-5-6-15-28-23/h3-6,9-13,15,19H,7-8,14,16-18H2,1-2H3,(H,29,32). The number of nitrogens with zero attached hydrogens (tertiary/aromatic N) is 3. The summed E-state index contributed by atoms with van der Waals surface area (Å²) in [5.74, 6) is 1.77. The molecule has 0 atom stereocenters. The number of unbranched alkanes of at least 4 members (excludes halogenated alkanes) is 1. The molecule has 0 saturated heterocycles. The zero-order valence-corrected chi connectivity index (χ0v) is 19.3. The fraction of sp³-hybridized carbons (Fsp3) is 0.296. The van der Waals surface area contributed by atoms with E-state index in [2.05, 4.69) is 46.9 Å². The van der Waals surface area contributed by atoms with Crippen LogP contribution in [0.2, 0.25) is 0 Å². The molecule has 1 amide bonds. The molecule has 0 aliphatic heterocycles. The third-order valence-electron chi connectivity index (χ3n) is 5.63. The first-order valence-electron chi connectivity index (χ1n) is 11.5. The Morgan fingerprint density at radius 2 is 1.88 bits per heavy atom. The van der Waals surface area contributed by atoms with E-state index in [9.17, 15) is 4.79 Å². The number of ether oxygens (including phenoxy) is 1. The number of benzene rings is 2. The monoisotopic (exact) mass is 442 g/mol. The summed E-state index contributed by atoms with van der Waals surface area (Å²) in [5.41, 5.74) is 4.95. The van der Waals surface area contributed by atoms with Crippen LogP contribution in [0.4, 0.5) is 0 Å². The number of rotatable bonds is 10. The Morgan fingerprint density at radius 3 is 2.70 bits per heavy atom. The Kier molecular flexibility index (Phi) is 7.35. The normalized spacial score (nSPS) is 11.0. The third kappa shape index (κ3) is 5.77. The van der Waals surface area contributed by atoms with Crippen molar-refractivity contribution in [2.75, 3.05) is 13.2 Å². The van der Waals surface area contributed by atoms with E-state index in [0.717, 1.165) is 42.0 Å². The predicted molar refractivity (Wildman–Crippen MR) is 131 cm³/mol. The van der Waals surface area contributed by atoms with Gasteiger partial charge in [0, 0.05) is 25.7 Å².